The first-order valence-electron chi connectivity index (χ1n) is 11.0. The number of amides is 1. The molecule has 0 spiro atoms. The largest absolute Gasteiger partial charge is 0.436 e. The van der Waals surface area contributed by atoms with E-state index in [4.69, 9.17) is 39.8 Å². The monoisotopic (exact) mass is 523 g/mol. The molecule has 0 radical (unpaired) electrons. The smallest absolute Gasteiger partial charge is 0.250 e. The third-order valence-electron chi connectivity index (χ3n) is 5.35. The molecule has 0 fully saturated rings. The Bertz CT molecular complexity index is 1410. The molecule has 178 valence electrons. The summed E-state index contributed by atoms with van der Waals surface area (Å²) in [4.78, 5) is 16.8. The number of nitrogens with one attached hydrogen (secondary N) is 2. The summed E-state index contributed by atoms with van der Waals surface area (Å²) >= 11 is 17.2. The minimum Gasteiger partial charge on any atom is -0.436 e. The number of thiocarbonyl (C=S) groups is 1. The van der Waals surface area contributed by atoms with E-state index in [1.54, 1.807) is 24.3 Å². The second-order valence-corrected chi connectivity index (χ2v) is 9.52. The van der Waals surface area contributed by atoms with Crippen LogP contribution < -0.4 is 10.6 Å². The molecule has 1 amide bonds. The predicted octanol–water partition coefficient (Wildman–Crippen LogP) is 7.13. The number of rotatable bonds is 6. The quantitative estimate of drug-likeness (QED) is 0.208. The van der Waals surface area contributed by atoms with E-state index in [-0.39, 0.29) is 11.0 Å². The Hall–Kier alpha value is -3.19. The van der Waals surface area contributed by atoms with E-state index in [9.17, 15) is 4.79 Å². The Labute approximate surface area is 219 Å². The van der Waals surface area contributed by atoms with Gasteiger partial charge in [0.2, 0.25) is 11.8 Å². The van der Waals surface area contributed by atoms with Crippen LogP contribution in [0.25, 0.3) is 28.6 Å². The molecule has 8 heteroatoms. The van der Waals surface area contributed by atoms with Crippen LogP contribution in [0.5, 0.6) is 0 Å². The van der Waals surface area contributed by atoms with Crippen molar-refractivity contribution in [2.24, 2.45) is 0 Å². The van der Waals surface area contributed by atoms with Crippen molar-refractivity contribution in [3.63, 3.8) is 0 Å². The average Bonchev–Trinajstić information content (AvgIpc) is 3.26. The fourth-order valence-electron chi connectivity index (χ4n) is 3.37. The topological polar surface area (TPSA) is 67.2 Å². The number of oxazole rings is 1. The molecular formula is C27H23Cl2N3O2S. The van der Waals surface area contributed by atoms with E-state index >= 15 is 0 Å². The Morgan fingerprint density at radius 2 is 1.86 bits per heavy atom. The Morgan fingerprint density at radius 1 is 1.09 bits per heavy atom. The average molecular weight is 524 g/mol. The minimum atomic E-state index is -0.361. The van der Waals surface area contributed by atoms with Crippen LogP contribution in [0.3, 0.4) is 0 Å². The Balaban J connectivity index is 1.31. The molecule has 5 nitrogen and oxygen atoms in total. The second-order valence-electron chi connectivity index (χ2n) is 8.27. The predicted molar refractivity (Wildman–Crippen MR) is 147 cm³/mol. The van der Waals surface area contributed by atoms with Crippen molar-refractivity contribution >= 4 is 63.6 Å². The molecule has 0 aliphatic rings. The van der Waals surface area contributed by atoms with Gasteiger partial charge < -0.3 is 9.73 Å². The Kier molecular flexibility index (Phi) is 7.86. The molecule has 0 saturated heterocycles. The molecule has 1 heterocycles. The van der Waals surface area contributed by atoms with Gasteiger partial charge in [0, 0.05) is 28.2 Å². The summed E-state index contributed by atoms with van der Waals surface area (Å²) in [6, 6.07) is 19.0. The number of fused-ring (bicyclic) bond motifs is 1. The second kappa shape index (κ2) is 11.0. The lowest BCUT2D eigenvalue weighted by Gasteiger charge is -2.08. The van der Waals surface area contributed by atoms with Gasteiger partial charge in [-0.2, -0.15) is 0 Å². The highest BCUT2D eigenvalue weighted by Crippen LogP contribution is 2.27. The highest BCUT2D eigenvalue weighted by molar-refractivity contribution is 7.80. The van der Waals surface area contributed by atoms with Gasteiger partial charge in [-0.15, -0.1) is 0 Å². The summed E-state index contributed by atoms with van der Waals surface area (Å²) < 4.78 is 5.92. The van der Waals surface area contributed by atoms with Gasteiger partial charge in [0.1, 0.15) is 5.52 Å². The number of halogens is 2. The van der Waals surface area contributed by atoms with Gasteiger partial charge >= 0.3 is 0 Å². The molecule has 35 heavy (non-hydrogen) atoms. The maximum atomic E-state index is 12.1. The van der Waals surface area contributed by atoms with Gasteiger partial charge in [0.25, 0.3) is 0 Å². The lowest BCUT2D eigenvalue weighted by molar-refractivity contribution is -0.115. The van der Waals surface area contributed by atoms with Crippen molar-refractivity contribution in [3.05, 3.63) is 93.5 Å². The molecule has 0 saturated carbocycles. The van der Waals surface area contributed by atoms with Gasteiger partial charge in [-0.3, -0.25) is 10.1 Å². The maximum Gasteiger partial charge on any atom is 0.250 e. The molecule has 2 N–H and O–H groups in total. The zero-order chi connectivity index (χ0) is 24.9. The van der Waals surface area contributed by atoms with Crippen LogP contribution in [-0.2, 0) is 11.3 Å². The summed E-state index contributed by atoms with van der Waals surface area (Å²) in [5.74, 6) is 0.649. The maximum absolute atomic E-state index is 12.1. The molecule has 4 aromatic rings. The Morgan fingerprint density at radius 3 is 2.57 bits per heavy atom. The third-order valence-corrected chi connectivity index (χ3v) is 6.15. The summed E-state index contributed by atoms with van der Waals surface area (Å²) in [5, 5.41) is 6.86. The molecule has 4 rings (SSSR count). The first-order valence-corrected chi connectivity index (χ1v) is 12.2. The van der Waals surface area contributed by atoms with Crippen molar-refractivity contribution in [2.75, 3.05) is 0 Å². The van der Waals surface area contributed by atoms with Crippen molar-refractivity contribution < 1.29 is 9.21 Å². The third kappa shape index (κ3) is 6.48. The van der Waals surface area contributed by atoms with Gasteiger partial charge in [-0.05, 0) is 77.3 Å². The molecule has 0 atom stereocenters. The van der Waals surface area contributed by atoms with Crippen LogP contribution in [0.1, 0.15) is 36.5 Å². The summed E-state index contributed by atoms with van der Waals surface area (Å²) in [6.45, 7) is 4.76. The van der Waals surface area contributed by atoms with Gasteiger partial charge in [-0.1, -0.05) is 61.3 Å². The SMILES string of the molecule is CC(C)c1ccc2oc(-c3ccc(CNC(=S)NC(=O)/C=C/c4ccc(Cl)cc4Cl)cc3)nc2c1. The standard InChI is InChI=1S/C27H23Cl2N3O2S/c1-16(2)20-8-11-24-23(13-20)31-26(34-24)19-5-3-17(4-6-19)15-30-27(35)32-25(33)12-9-18-7-10-21(28)14-22(18)29/h3-14,16H,15H2,1-2H3,(H2,30,32,33,35)/b12-9+. The van der Waals surface area contributed by atoms with Crippen LogP contribution in [0.15, 0.2) is 71.2 Å². The van der Waals surface area contributed by atoms with Crippen molar-refractivity contribution in [1.82, 2.24) is 15.6 Å². The number of carbonyl (C=O) groups excluding carboxylic acids is 1. The fraction of sp³-hybridized carbons (Fsp3) is 0.148. The number of carbonyl (C=O) groups is 1. The number of nitrogens with zero attached hydrogens (tertiary/aromatic N) is 1. The zero-order valence-electron chi connectivity index (χ0n) is 19.1. The number of hydrogen-bond donors (Lipinski definition) is 2. The van der Waals surface area contributed by atoms with Gasteiger partial charge in [0.05, 0.1) is 0 Å². The van der Waals surface area contributed by atoms with Crippen LogP contribution in [0.2, 0.25) is 10.0 Å². The van der Waals surface area contributed by atoms with E-state index in [0.29, 0.717) is 34.0 Å². The summed E-state index contributed by atoms with van der Waals surface area (Å²) in [5.41, 5.74) is 5.41. The number of benzene rings is 3. The van der Waals surface area contributed by atoms with Crippen molar-refractivity contribution in [3.8, 4) is 11.5 Å². The normalized spacial score (nSPS) is 11.3. The van der Waals surface area contributed by atoms with Crippen LogP contribution in [-0.4, -0.2) is 16.0 Å². The number of aromatic nitrogens is 1. The van der Waals surface area contributed by atoms with E-state index in [1.807, 2.05) is 30.3 Å². The lowest BCUT2D eigenvalue weighted by atomic mass is 10.0. The van der Waals surface area contributed by atoms with Crippen LogP contribution in [0, 0.1) is 0 Å². The summed E-state index contributed by atoms with van der Waals surface area (Å²) in [7, 11) is 0. The first-order chi connectivity index (χ1) is 16.8. The molecular weight excluding hydrogens is 501 g/mol. The molecule has 0 aliphatic carbocycles. The molecule has 1 aromatic heterocycles. The van der Waals surface area contributed by atoms with E-state index < -0.39 is 0 Å². The molecule has 0 aliphatic heterocycles. The van der Waals surface area contributed by atoms with Crippen molar-refractivity contribution in [2.45, 2.75) is 26.3 Å². The lowest BCUT2D eigenvalue weighted by Crippen LogP contribution is -2.37. The van der Waals surface area contributed by atoms with Crippen molar-refractivity contribution in [1.29, 1.82) is 0 Å². The first kappa shape index (κ1) is 24.9. The molecule has 0 unspecified atom stereocenters. The molecule has 0 bridgehead atoms. The van der Waals surface area contributed by atoms with E-state index in [2.05, 4.69) is 41.6 Å². The summed E-state index contributed by atoms with van der Waals surface area (Å²) in [6.07, 6.45) is 2.97. The minimum absolute atomic E-state index is 0.228. The highest BCUT2D eigenvalue weighted by Gasteiger charge is 2.10. The van der Waals surface area contributed by atoms with Gasteiger partial charge in [-0.25, -0.2) is 4.98 Å². The van der Waals surface area contributed by atoms with E-state index in [1.165, 1.54) is 11.6 Å². The van der Waals surface area contributed by atoms with Crippen LogP contribution in [0.4, 0.5) is 0 Å². The number of hydrogen-bond acceptors (Lipinski definition) is 4. The molecule has 3 aromatic carbocycles. The highest BCUT2D eigenvalue weighted by atomic mass is 35.5. The van der Waals surface area contributed by atoms with E-state index in [0.717, 1.165) is 22.2 Å². The van der Waals surface area contributed by atoms with Gasteiger partial charge in [0.15, 0.2) is 10.7 Å². The van der Waals surface area contributed by atoms with Crippen LogP contribution >= 0.6 is 35.4 Å². The fourth-order valence-corrected chi connectivity index (χ4v) is 4.02. The zero-order valence-corrected chi connectivity index (χ0v) is 21.5.